The lowest BCUT2D eigenvalue weighted by atomic mass is 10.0. The number of amides is 10. The van der Waals surface area contributed by atoms with Gasteiger partial charge in [0.25, 0.3) is 0 Å². The molecule has 0 aliphatic carbocycles. The fraction of sp³-hybridized carbons (Fsp3) is 0.418. The molecule has 3 aromatic heterocycles. The van der Waals surface area contributed by atoms with Crippen molar-refractivity contribution in [2.75, 3.05) is 24.6 Å². The molecule has 0 fully saturated rings. The van der Waals surface area contributed by atoms with Crippen LogP contribution in [0.4, 0.5) is 0 Å². The van der Waals surface area contributed by atoms with Crippen molar-refractivity contribution in [1.29, 1.82) is 0 Å². The quantitative estimate of drug-likeness (QED) is 0.00782. The minimum atomic E-state index is -1.46. The summed E-state index contributed by atoms with van der Waals surface area (Å²) in [6.07, 6.45) is 7.06. The van der Waals surface area contributed by atoms with E-state index in [1.165, 1.54) is 38.9 Å². The Morgan fingerprint density at radius 1 is 0.489 bits per heavy atom. The second kappa shape index (κ2) is 35.1. The van der Waals surface area contributed by atoms with E-state index in [0.29, 0.717) is 22.5 Å². The third-order valence-corrected chi connectivity index (χ3v) is 14.2. The van der Waals surface area contributed by atoms with Crippen molar-refractivity contribution in [3.8, 4) is 0 Å². The SMILES string of the molecule is CC(=O)N[C@@H](Cc1cnc[nH]1)C(=O)N[C@@H](CCCN=C(N)N)C(=O)N[C@@H](CS)C(=O)N[C@H](C)C(=O)N[C@@H](Cc1cnc[nH]1)C(=O)N[C@H](Cc1ccccc1)C(=O)N[C@@H](CCCN=C(N)N)C(=O)N[C@@H](Cc1c[nH]c2ccccc12)C(=O)N[C@@H](CS)C(N)=O. The van der Waals surface area contributed by atoms with Gasteiger partial charge in [0.05, 0.1) is 12.7 Å². The minimum Gasteiger partial charge on any atom is -0.370 e. The molecule has 22 N–H and O–H groups in total. The zero-order valence-corrected chi connectivity index (χ0v) is 50.2. The van der Waals surface area contributed by atoms with Crippen molar-refractivity contribution < 1.29 is 47.9 Å². The van der Waals surface area contributed by atoms with Gasteiger partial charge in [-0.2, -0.15) is 25.3 Å². The van der Waals surface area contributed by atoms with Gasteiger partial charge < -0.3 is 91.5 Å². The van der Waals surface area contributed by atoms with Gasteiger partial charge in [0.2, 0.25) is 59.1 Å². The molecule has 0 radical (unpaired) electrons. The van der Waals surface area contributed by atoms with Gasteiger partial charge in [-0.05, 0) is 49.8 Å². The lowest BCUT2D eigenvalue weighted by Crippen LogP contribution is -2.61. The Kier molecular flexibility index (Phi) is 27.6. The normalized spacial score (nSPS) is 14.0. The number of H-pyrrole nitrogens is 3. The van der Waals surface area contributed by atoms with E-state index in [4.69, 9.17) is 28.7 Å². The molecule has 0 saturated heterocycles. The number of carbonyl (C=O) groups is 10. The third-order valence-electron chi connectivity index (χ3n) is 13.5. The molecule has 0 spiro atoms. The highest BCUT2D eigenvalue weighted by Crippen LogP contribution is 2.20. The number of nitrogens with zero attached hydrogens (tertiary/aromatic N) is 4. The summed E-state index contributed by atoms with van der Waals surface area (Å²) in [6, 6.07) is 3.80. The number of imidazole rings is 2. The number of aromatic nitrogens is 5. The van der Waals surface area contributed by atoms with Crippen LogP contribution in [0.2, 0.25) is 0 Å². The summed E-state index contributed by atoms with van der Waals surface area (Å²) in [6.45, 7) is 2.65. The number of aliphatic imine (C=N–C) groups is 2. The van der Waals surface area contributed by atoms with E-state index < -0.39 is 113 Å². The van der Waals surface area contributed by atoms with Crippen LogP contribution in [0.3, 0.4) is 0 Å². The molecule has 0 aliphatic rings. The fourth-order valence-corrected chi connectivity index (χ4v) is 9.47. The monoisotopic (exact) mass is 1260 g/mol. The summed E-state index contributed by atoms with van der Waals surface area (Å²) in [4.78, 5) is 162. The number of carbonyl (C=O) groups excluding carboxylic acids is 10. The summed E-state index contributed by atoms with van der Waals surface area (Å²) in [5, 5.41) is 24.4. The maximum Gasteiger partial charge on any atom is 0.244 e. The molecule has 10 amide bonds. The van der Waals surface area contributed by atoms with Crippen LogP contribution in [0.15, 0.2) is 95.8 Å². The first-order chi connectivity index (χ1) is 42.0. The number of nitrogens with one attached hydrogen (secondary N) is 12. The van der Waals surface area contributed by atoms with E-state index in [0.717, 1.165) is 10.9 Å². The van der Waals surface area contributed by atoms with Crippen molar-refractivity contribution in [3.05, 3.63) is 108 Å². The number of para-hydroxylation sites is 1. The van der Waals surface area contributed by atoms with Crippen molar-refractivity contribution >= 4 is 107 Å². The van der Waals surface area contributed by atoms with Gasteiger partial charge in [0.1, 0.15) is 54.4 Å². The van der Waals surface area contributed by atoms with Crippen LogP contribution in [0, 0.1) is 0 Å². The Balaban J connectivity index is 1.35. The second-order valence-electron chi connectivity index (χ2n) is 20.4. The summed E-state index contributed by atoms with van der Waals surface area (Å²) < 4.78 is 0. The van der Waals surface area contributed by atoms with Crippen LogP contribution in [0.5, 0.6) is 0 Å². The van der Waals surface area contributed by atoms with Crippen LogP contribution in [0.25, 0.3) is 10.9 Å². The molecular formula is C55H77N21O10S2. The number of aromatic amines is 3. The van der Waals surface area contributed by atoms with Gasteiger partial charge in [-0.3, -0.25) is 57.9 Å². The third kappa shape index (κ3) is 22.6. The highest BCUT2D eigenvalue weighted by Gasteiger charge is 2.35. The highest BCUT2D eigenvalue weighted by atomic mass is 32.1. The van der Waals surface area contributed by atoms with E-state index in [1.807, 2.05) is 18.2 Å². The molecule has 9 atom stereocenters. The minimum absolute atomic E-state index is 0.00680. The van der Waals surface area contributed by atoms with Crippen molar-refractivity contribution in [2.24, 2.45) is 38.7 Å². The second-order valence-corrected chi connectivity index (χ2v) is 21.1. The average Bonchev–Trinajstić information content (AvgIpc) is 3.99. The number of thiol groups is 2. The van der Waals surface area contributed by atoms with Crippen molar-refractivity contribution in [1.82, 2.24) is 72.8 Å². The number of hydrogen-bond acceptors (Lipinski definition) is 16. The van der Waals surface area contributed by atoms with Gasteiger partial charge in [-0.25, -0.2) is 9.97 Å². The Morgan fingerprint density at radius 3 is 1.39 bits per heavy atom. The lowest BCUT2D eigenvalue weighted by Gasteiger charge is -2.27. The van der Waals surface area contributed by atoms with Gasteiger partial charge in [0, 0.05) is 98.1 Å². The predicted molar refractivity (Wildman–Crippen MR) is 332 cm³/mol. The molecule has 2 aromatic carbocycles. The van der Waals surface area contributed by atoms with Crippen molar-refractivity contribution in [2.45, 2.75) is 120 Å². The summed E-state index contributed by atoms with van der Waals surface area (Å²) in [5.74, 6) is -8.92. The average molecular weight is 1260 g/mol. The molecular weight excluding hydrogens is 1180 g/mol. The van der Waals surface area contributed by atoms with Crippen LogP contribution in [0.1, 0.15) is 62.0 Å². The molecule has 0 saturated carbocycles. The van der Waals surface area contributed by atoms with Gasteiger partial charge in [0.15, 0.2) is 11.9 Å². The Bertz CT molecular complexity index is 3210. The molecule has 0 unspecified atom stereocenters. The number of guanidine groups is 2. The number of nitrogens with two attached hydrogens (primary N) is 5. The van der Waals surface area contributed by atoms with Gasteiger partial charge in [-0.1, -0.05) is 48.5 Å². The van der Waals surface area contributed by atoms with Gasteiger partial charge in [-0.15, -0.1) is 0 Å². The zero-order valence-electron chi connectivity index (χ0n) is 48.4. The molecule has 0 aliphatic heterocycles. The predicted octanol–water partition coefficient (Wildman–Crippen LogP) is -4.26. The Labute approximate surface area is 516 Å². The molecule has 33 heteroatoms. The number of benzene rings is 2. The van der Waals surface area contributed by atoms with E-state index in [9.17, 15) is 47.9 Å². The van der Waals surface area contributed by atoms with Crippen LogP contribution >= 0.6 is 25.3 Å². The molecule has 88 heavy (non-hydrogen) atoms. The topological polar surface area (TPSA) is 507 Å². The fourth-order valence-electron chi connectivity index (χ4n) is 8.94. The first-order valence-corrected chi connectivity index (χ1v) is 29.2. The van der Waals surface area contributed by atoms with Gasteiger partial charge >= 0.3 is 0 Å². The largest absolute Gasteiger partial charge is 0.370 e. The Morgan fingerprint density at radius 2 is 0.909 bits per heavy atom. The maximum atomic E-state index is 14.7. The van der Waals surface area contributed by atoms with E-state index in [2.05, 4.69) is 108 Å². The molecule has 474 valence electrons. The summed E-state index contributed by atoms with van der Waals surface area (Å²) >= 11 is 8.44. The van der Waals surface area contributed by atoms with Crippen LogP contribution in [-0.4, -0.2) is 175 Å². The standard InChI is InChI=1S/C55H77N21O10S2/c1-29(68-53(86)44(26-88)76-48(81)38(15-9-17-64-55(59)60)71-51(84)41(69-30(2)77)20-33-23-61-27-66-33)46(79)72-42(21-34-24-62-28-67-34)52(85)73-39(18-31-10-4-3-5-11-31)49(82)70-37(14-8-16-63-54(57)58)47(80)74-40(50(83)75-43(25-87)45(56)78)19-32-22-65-36-13-7-6-12-35(32)36/h3-7,10-13,22-24,27-29,37-44,65,87-88H,8-9,14-21,25-26H2,1-2H3,(H2,56,78)(H,61,66)(H,62,67)(H,68,86)(H,69,77)(H,70,82)(H,71,84)(H,72,79)(H,73,85)(H,74,80)(H,75,83)(H,76,81)(H4,57,58,63)(H4,59,60,64)/t29-,37+,38+,39-,40+,41+,42+,43+,44+/m1/s1. The molecule has 0 bridgehead atoms. The van der Waals surface area contributed by atoms with Crippen molar-refractivity contribution in [3.63, 3.8) is 0 Å². The van der Waals surface area contributed by atoms with Crippen LogP contribution in [-0.2, 0) is 73.6 Å². The van der Waals surface area contributed by atoms with E-state index in [1.54, 1.807) is 42.6 Å². The van der Waals surface area contributed by atoms with E-state index in [-0.39, 0.29) is 87.9 Å². The summed E-state index contributed by atoms with van der Waals surface area (Å²) in [7, 11) is 0. The van der Waals surface area contributed by atoms with E-state index >= 15 is 0 Å². The maximum absolute atomic E-state index is 14.7. The first-order valence-electron chi connectivity index (χ1n) is 27.9. The number of fused-ring (bicyclic) bond motifs is 1. The lowest BCUT2D eigenvalue weighted by molar-refractivity contribution is -0.135. The smallest absolute Gasteiger partial charge is 0.244 e. The number of primary amides is 1. The zero-order chi connectivity index (χ0) is 64.3. The molecule has 5 rings (SSSR count). The molecule has 3 heterocycles. The first kappa shape index (κ1) is 69.1. The molecule has 5 aromatic rings. The Hall–Kier alpha value is -9.66. The summed E-state index contributed by atoms with van der Waals surface area (Å²) in [5.41, 5.74) is 30.5. The van der Waals surface area contributed by atoms with Crippen LogP contribution < -0.4 is 76.5 Å². The number of hydrogen-bond donors (Lipinski definition) is 19. The highest BCUT2D eigenvalue weighted by molar-refractivity contribution is 7.80. The number of rotatable bonds is 36. The molecule has 31 nitrogen and oxygen atoms in total.